The number of aromatic nitrogens is 2. The van der Waals surface area contributed by atoms with E-state index in [-0.39, 0.29) is 0 Å². The summed E-state index contributed by atoms with van der Waals surface area (Å²) < 4.78 is 11.2. The second-order valence-electron chi connectivity index (χ2n) is 4.15. The molecule has 0 unspecified atom stereocenters. The van der Waals surface area contributed by atoms with Crippen LogP contribution in [-0.2, 0) is 13.1 Å². The van der Waals surface area contributed by atoms with E-state index in [0.717, 1.165) is 35.7 Å². The molecule has 0 radical (unpaired) electrons. The highest BCUT2D eigenvalue weighted by atomic mass is 16.6. The number of H-pyrrole nitrogens is 1. The van der Waals surface area contributed by atoms with Crippen molar-refractivity contribution in [2.75, 3.05) is 13.2 Å². The van der Waals surface area contributed by atoms with Crippen LogP contribution >= 0.6 is 0 Å². The van der Waals surface area contributed by atoms with E-state index in [1.807, 2.05) is 24.5 Å². The minimum Gasteiger partial charge on any atom is -0.486 e. The van der Waals surface area contributed by atoms with E-state index in [4.69, 9.17) is 9.47 Å². The van der Waals surface area contributed by atoms with Crippen molar-refractivity contribution in [2.45, 2.75) is 13.1 Å². The number of rotatable bonds is 4. The third-order valence-corrected chi connectivity index (χ3v) is 2.85. The molecule has 2 heterocycles. The van der Waals surface area contributed by atoms with Gasteiger partial charge in [0, 0.05) is 30.4 Å². The van der Waals surface area contributed by atoms with Crippen LogP contribution in [-0.4, -0.2) is 23.4 Å². The number of nitrogens with one attached hydrogen (secondary N) is 2. The first-order valence-electron chi connectivity index (χ1n) is 5.99. The molecular weight excluding hydrogens is 230 g/mol. The van der Waals surface area contributed by atoms with Crippen molar-refractivity contribution in [1.82, 2.24) is 15.5 Å². The molecule has 2 aromatic rings. The topological polar surface area (TPSA) is 59.2 Å². The number of nitrogens with zero attached hydrogens (tertiary/aromatic N) is 1. The number of hydrogen-bond donors (Lipinski definition) is 2. The Bertz CT molecular complexity index is 511. The van der Waals surface area contributed by atoms with Gasteiger partial charge in [0.15, 0.2) is 11.5 Å². The van der Waals surface area contributed by atoms with Gasteiger partial charge in [0.1, 0.15) is 13.2 Å². The van der Waals surface area contributed by atoms with Crippen LogP contribution in [0.4, 0.5) is 0 Å². The van der Waals surface area contributed by atoms with Gasteiger partial charge in [0.05, 0.1) is 6.20 Å². The number of para-hydroxylation sites is 1. The van der Waals surface area contributed by atoms with E-state index in [1.165, 1.54) is 0 Å². The van der Waals surface area contributed by atoms with E-state index in [9.17, 15) is 0 Å². The van der Waals surface area contributed by atoms with Crippen LogP contribution in [0.25, 0.3) is 0 Å². The van der Waals surface area contributed by atoms with Crippen molar-refractivity contribution in [2.24, 2.45) is 0 Å². The van der Waals surface area contributed by atoms with Gasteiger partial charge in [-0.1, -0.05) is 12.1 Å². The van der Waals surface area contributed by atoms with Crippen LogP contribution in [0, 0.1) is 0 Å². The lowest BCUT2D eigenvalue weighted by Crippen LogP contribution is -2.19. The quantitative estimate of drug-likeness (QED) is 0.856. The van der Waals surface area contributed by atoms with Crippen LogP contribution in [0.3, 0.4) is 0 Å². The van der Waals surface area contributed by atoms with Gasteiger partial charge in [-0.25, -0.2) is 0 Å². The molecule has 0 atom stereocenters. The molecule has 5 heteroatoms. The molecule has 0 saturated heterocycles. The van der Waals surface area contributed by atoms with E-state index >= 15 is 0 Å². The lowest BCUT2D eigenvalue weighted by atomic mass is 10.1. The summed E-state index contributed by atoms with van der Waals surface area (Å²) in [6.07, 6.45) is 3.69. The average Bonchev–Trinajstić information content (AvgIpc) is 2.92. The third kappa shape index (κ3) is 2.31. The van der Waals surface area contributed by atoms with Gasteiger partial charge in [-0.05, 0) is 6.07 Å². The van der Waals surface area contributed by atoms with E-state index < -0.39 is 0 Å². The molecule has 5 nitrogen and oxygen atoms in total. The fourth-order valence-corrected chi connectivity index (χ4v) is 1.99. The predicted molar refractivity (Wildman–Crippen MR) is 66.6 cm³/mol. The molecule has 0 aliphatic carbocycles. The van der Waals surface area contributed by atoms with Crippen molar-refractivity contribution in [3.63, 3.8) is 0 Å². The Kier molecular flexibility index (Phi) is 3.14. The van der Waals surface area contributed by atoms with Crippen LogP contribution in [0.15, 0.2) is 30.6 Å². The van der Waals surface area contributed by atoms with Crippen LogP contribution in [0.2, 0.25) is 0 Å². The van der Waals surface area contributed by atoms with Crippen molar-refractivity contribution in [3.8, 4) is 11.5 Å². The number of aromatic amines is 1. The van der Waals surface area contributed by atoms with Gasteiger partial charge in [-0.2, -0.15) is 5.10 Å². The zero-order valence-electron chi connectivity index (χ0n) is 9.98. The maximum atomic E-state index is 5.66. The number of fused-ring (bicyclic) bond motifs is 1. The summed E-state index contributed by atoms with van der Waals surface area (Å²) in [5.41, 5.74) is 2.26. The minimum absolute atomic E-state index is 0.617. The predicted octanol–water partition coefficient (Wildman–Crippen LogP) is 1.47. The second-order valence-corrected chi connectivity index (χ2v) is 4.15. The molecule has 18 heavy (non-hydrogen) atoms. The highest BCUT2D eigenvalue weighted by Gasteiger charge is 2.14. The summed E-state index contributed by atoms with van der Waals surface area (Å²) in [7, 11) is 0. The molecule has 2 N–H and O–H groups in total. The molecule has 0 bridgehead atoms. The van der Waals surface area contributed by atoms with E-state index in [1.54, 1.807) is 0 Å². The molecule has 94 valence electrons. The Balaban J connectivity index is 1.65. The molecule has 1 aliphatic heterocycles. The Hall–Kier alpha value is -2.01. The van der Waals surface area contributed by atoms with E-state index in [2.05, 4.69) is 21.6 Å². The summed E-state index contributed by atoms with van der Waals surface area (Å²) >= 11 is 0. The van der Waals surface area contributed by atoms with Crippen molar-refractivity contribution < 1.29 is 9.47 Å². The standard InChI is InChI=1S/C13H15N3O2/c1-2-11(9-14-6-10-7-15-16-8-10)13-12(3-1)17-4-5-18-13/h1-3,7-8,14H,4-6,9H2,(H,15,16). The van der Waals surface area contributed by atoms with Gasteiger partial charge in [-0.15, -0.1) is 0 Å². The van der Waals surface area contributed by atoms with Gasteiger partial charge >= 0.3 is 0 Å². The Morgan fingerprint density at radius 2 is 2.17 bits per heavy atom. The van der Waals surface area contributed by atoms with Gasteiger partial charge in [0.25, 0.3) is 0 Å². The smallest absolute Gasteiger partial charge is 0.165 e. The molecule has 0 saturated carbocycles. The SMILES string of the molecule is c1cc(CNCc2cn[nH]c2)c2c(c1)OCCO2. The molecule has 1 aliphatic rings. The maximum Gasteiger partial charge on any atom is 0.165 e. The van der Waals surface area contributed by atoms with Crippen LogP contribution in [0.5, 0.6) is 11.5 Å². The van der Waals surface area contributed by atoms with Crippen molar-refractivity contribution in [3.05, 3.63) is 41.7 Å². The van der Waals surface area contributed by atoms with Crippen molar-refractivity contribution in [1.29, 1.82) is 0 Å². The summed E-state index contributed by atoms with van der Waals surface area (Å²) in [4.78, 5) is 0. The lowest BCUT2D eigenvalue weighted by molar-refractivity contribution is 0.169. The van der Waals surface area contributed by atoms with Gasteiger partial charge in [-0.3, -0.25) is 5.10 Å². The summed E-state index contributed by atoms with van der Waals surface area (Å²) in [5, 5.41) is 10.1. The second kappa shape index (κ2) is 5.10. The fourth-order valence-electron chi connectivity index (χ4n) is 1.99. The van der Waals surface area contributed by atoms with Gasteiger partial charge < -0.3 is 14.8 Å². The van der Waals surface area contributed by atoms with Crippen LogP contribution in [0.1, 0.15) is 11.1 Å². The number of hydrogen-bond acceptors (Lipinski definition) is 4. The Morgan fingerprint density at radius 1 is 1.22 bits per heavy atom. The lowest BCUT2D eigenvalue weighted by Gasteiger charge is -2.21. The largest absolute Gasteiger partial charge is 0.486 e. The maximum absolute atomic E-state index is 5.66. The summed E-state index contributed by atoms with van der Waals surface area (Å²) in [6.45, 7) is 2.77. The first-order valence-corrected chi connectivity index (χ1v) is 5.99. The summed E-state index contributed by atoms with van der Waals surface area (Å²) in [6, 6.07) is 5.98. The Morgan fingerprint density at radius 3 is 3.06 bits per heavy atom. The number of benzene rings is 1. The monoisotopic (exact) mass is 245 g/mol. The minimum atomic E-state index is 0.617. The molecular formula is C13H15N3O2. The van der Waals surface area contributed by atoms with Crippen molar-refractivity contribution >= 4 is 0 Å². The highest BCUT2D eigenvalue weighted by Crippen LogP contribution is 2.33. The molecule has 3 rings (SSSR count). The first-order chi connectivity index (χ1) is 8.93. The third-order valence-electron chi connectivity index (χ3n) is 2.85. The molecule has 1 aromatic heterocycles. The Labute approximate surface area is 105 Å². The van der Waals surface area contributed by atoms with E-state index in [0.29, 0.717) is 13.2 Å². The molecule has 0 amide bonds. The highest BCUT2D eigenvalue weighted by molar-refractivity contribution is 5.47. The summed E-state index contributed by atoms with van der Waals surface area (Å²) in [5.74, 6) is 1.70. The molecule has 0 spiro atoms. The molecule has 0 fully saturated rings. The average molecular weight is 245 g/mol. The molecule has 1 aromatic carbocycles. The first kappa shape index (κ1) is 11.1. The zero-order valence-corrected chi connectivity index (χ0v) is 9.98. The zero-order chi connectivity index (χ0) is 12.2. The normalized spacial score (nSPS) is 13.6. The number of ether oxygens (including phenoxy) is 2. The van der Waals surface area contributed by atoms with Crippen LogP contribution < -0.4 is 14.8 Å². The fraction of sp³-hybridized carbons (Fsp3) is 0.308. The van der Waals surface area contributed by atoms with Gasteiger partial charge in [0.2, 0.25) is 0 Å².